The van der Waals surface area contributed by atoms with Crippen LogP contribution in [0.1, 0.15) is 19.4 Å². The van der Waals surface area contributed by atoms with Gasteiger partial charge in [0.25, 0.3) is 0 Å². The highest BCUT2D eigenvalue weighted by molar-refractivity contribution is 6.35. The normalized spacial score (nSPS) is 11.5. The van der Waals surface area contributed by atoms with Crippen molar-refractivity contribution in [2.45, 2.75) is 19.3 Å². The maximum atomic E-state index is 14.3. The predicted octanol–water partition coefficient (Wildman–Crippen LogP) is 5.16. The fourth-order valence-electron chi connectivity index (χ4n) is 1.97. The Morgan fingerprint density at radius 2 is 1.67 bits per heavy atom. The van der Waals surface area contributed by atoms with Crippen molar-refractivity contribution in [3.8, 4) is 11.1 Å². The van der Waals surface area contributed by atoms with Crippen LogP contribution in [0.25, 0.3) is 11.1 Å². The molecule has 0 fully saturated rings. The van der Waals surface area contributed by atoms with Gasteiger partial charge < -0.3 is 5.11 Å². The van der Waals surface area contributed by atoms with E-state index in [2.05, 4.69) is 0 Å². The summed E-state index contributed by atoms with van der Waals surface area (Å²) in [6.45, 7) is 3.06. The van der Waals surface area contributed by atoms with E-state index in [0.29, 0.717) is 26.7 Å². The Morgan fingerprint density at radius 3 is 2.14 bits per heavy atom. The number of rotatable bonds is 3. The molecule has 0 aromatic heterocycles. The highest BCUT2D eigenvalue weighted by atomic mass is 35.5. The van der Waals surface area contributed by atoms with Crippen LogP contribution >= 0.6 is 23.2 Å². The van der Waals surface area contributed by atoms with Gasteiger partial charge in [0.15, 0.2) is 0 Å². The number of carboxylic acid groups (broad SMARTS) is 1. The van der Waals surface area contributed by atoms with Crippen molar-refractivity contribution >= 4 is 29.2 Å². The van der Waals surface area contributed by atoms with Crippen LogP contribution < -0.4 is 0 Å². The third-order valence-corrected chi connectivity index (χ3v) is 3.84. The molecule has 0 spiro atoms. The highest BCUT2D eigenvalue weighted by Crippen LogP contribution is 2.32. The standard InChI is InChI=1S/C16H13Cl2FO2/c1-16(2,15(20)21)10-3-4-13(14(19)7-10)9-5-11(17)8-12(18)6-9/h3-8H,1-2H3,(H,20,21). The highest BCUT2D eigenvalue weighted by Gasteiger charge is 2.30. The second-order valence-electron chi connectivity index (χ2n) is 5.28. The minimum atomic E-state index is -1.16. The van der Waals surface area contributed by atoms with Gasteiger partial charge in [-0.1, -0.05) is 35.3 Å². The van der Waals surface area contributed by atoms with Gasteiger partial charge in [-0.15, -0.1) is 0 Å². The molecule has 0 aliphatic rings. The van der Waals surface area contributed by atoms with Gasteiger partial charge in [0, 0.05) is 15.6 Å². The van der Waals surface area contributed by atoms with Crippen LogP contribution in [0.15, 0.2) is 36.4 Å². The van der Waals surface area contributed by atoms with Crippen molar-refractivity contribution in [2.75, 3.05) is 0 Å². The molecule has 21 heavy (non-hydrogen) atoms. The molecule has 0 saturated heterocycles. The summed E-state index contributed by atoms with van der Waals surface area (Å²) in [6, 6.07) is 9.14. The molecule has 0 aliphatic heterocycles. The van der Waals surface area contributed by atoms with Gasteiger partial charge in [-0.3, -0.25) is 4.79 Å². The van der Waals surface area contributed by atoms with E-state index in [1.165, 1.54) is 26.0 Å². The second kappa shape index (κ2) is 5.66. The molecule has 0 aliphatic carbocycles. The minimum Gasteiger partial charge on any atom is -0.481 e. The zero-order chi connectivity index (χ0) is 15.8. The predicted molar refractivity (Wildman–Crippen MR) is 82.5 cm³/mol. The Hall–Kier alpha value is -1.58. The first kappa shape index (κ1) is 15.8. The smallest absolute Gasteiger partial charge is 0.313 e. The van der Waals surface area contributed by atoms with Gasteiger partial charge in [-0.25, -0.2) is 4.39 Å². The van der Waals surface area contributed by atoms with E-state index in [1.807, 2.05) is 0 Å². The topological polar surface area (TPSA) is 37.3 Å². The Balaban J connectivity index is 2.52. The molecule has 0 bridgehead atoms. The van der Waals surface area contributed by atoms with Crippen LogP contribution in [0.4, 0.5) is 4.39 Å². The first-order chi connectivity index (χ1) is 9.71. The number of hydrogen-bond donors (Lipinski definition) is 1. The van der Waals surface area contributed by atoms with Crippen LogP contribution in [0, 0.1) is 5.82 Å². The van der Waals surface area contributed by atoms with Crippen molar-refractivity contribution in [3.05, 3.63) is 57.8 Å². The largest absolute Gasteiger partial charge is 0.481 e. The molecule has 0 unspecified atom stereocenters. The summed E-state index contributed by atoms with van der Waals surface area (Å²) in [5.74, 6) is -1.53. The summed E-state index contributed by atoms with van der Waals surface area (Å²) in [4.78, 5) is 11.2. The van der Waals surface area contributed by atoms with E-state index in [1.54, 1.807) is 24.3 Å². The Labute approximate surface area is 132 Å². The van der Waals surface area contributed by atoms with E-state index >= 15 is 0 Å². The first-order valence-corrected chi connectivity index (χ1v) is 6.97. The number of aliphatic carboxylic acids is 1. The molecule has 5 heteroatoms. The summed E-state index contributed by atoms with van der Waals surface area (Å²) < 4.78 is 14.3. The number of hydrogen-bond acceptors (Lipinski definition) is 1. The molecule has 2 rings (SSSR count). The van der Waals surface area contributed by atoms with Crippen molar-refractivity contribution in [1.82, 2.24) is 0 Å². The fraction of sp³-hybridized carbons (Fsp3) is 0.188. The second-order valence-corrected chi connectivity index (χ2v) is 6.16. The van der Waals surface area contributed by atoms with E-state index in [4.69, 9.17) is 23.2 Å². The van der Waals surface area contributed by atoms with Crippen LogP contribution in [-0.2, 0) is 10.2 Å². The minimum absolute atomic E-state index is 0.323. The SMILES string of the molecule is CC(C)(C(=O)O)c1ccc(-c2cc(Cl)cc(Cl)c2)c(F)c1. The van der Waals surface area contributed by atoms with Crippen LogP contribution in [0.5, 0.6) is 0 Å². The lowest BCUT2D eigenvalue weighted by Crippen LogP contribution is -2.28. The number of carbonyl (C=O) groups is 1. The molecule has 0 amide bonds. The molecule has 0 radical (unpaired) electrons. The molecule has 2 aromatic carbocycles. The zero-order valence-electron chi connectivity index (χ0n) is 11.5. The molecule has 2 nitrogen and oxygen atoms in total. The van der Waals surface area contributed by atoms with Crippen LogP contribution in [0.2, 0.25) is 10.0 Å². The summed E-state index contributed by atoms with van der Waals surface area (Å²) in [5.41, 5.74) is 0.101. The first-order valence-electron chi connectivity index (χ1n) is 6.21. The maximum absolute atomic E-state index is 14.3. The van der Waals surface area contributed by atoms with Gasteiger partial charge in [0.1, 0.15) is 5.82 Å². The molecular weight excluding hydrogens is 314 g/mol. The van der Waals surface area contributed by atoms with Gasteiger partial charge in [-0.2, -0.15) is 0 Å². The van der Waals surface area contributed by atoms with Crippen LogP contribution in [0.3, 0.4) is 0 Å². The van der Waals surface area contributed by atoms with Gasteiger partial charge in [-0.05, 0) is 49.2 Å². The summed E-state index contributed by atoms with van der Waals surface area (Å²) in [5, 5.41) is 10.0. The Morgan fingerprint density at radius 1 is 1.10 bits per heavy atom. The van der Waals surface area contributed by atoms with Crippen molar-refractivity contribution < 1.29 is 14.3 Å². The average Bonchev–Trinajstić information content (AvgIpc) is 2.37. The lowest BCUT2D eigenvalue weighted by atomic mass is 9.84. The molecule has 0 saturated carbocycles. The van der Waals surface area contributed by atoms with E-state index < -0.39 is 17.2 Å². The quantitative estimate of drug-likeness (QED) is 0.845. The van der Waals surface area contributed by atoms with E-state index in [9.17, 15) is 14.3 Å². The summed E-state index contributed by atoms with van der Waals surface area (Å²) in [7, 11) is 0. The molecule has 0 atom stereocenters. The Bertz CT molecular complexity index is 691. The van der Waals surface area contributed by atoms with E-state index in [-0.39, 0.29) is 0 Å². The number of carboxylic acids is 1. The summed E-state index contributed by atoms with van der Waals surface area (Å²) >= 11 is 11.8. The lowest BCUT2D eigenvalue weighted by molar-refractivity contribution is -0.142. The third-order valence-electron chi connectivity index (χ3n) is 3.40. The molecule has 1 N–H and O–H groups in total. The fourth-order valence-corrected chi connectivity index (χ4v) is 2.50. The van der Waals surface area contributed by atoms with Gasteiger partial charge in [0.05, 0.1) is 5.41 Å². The van der Waals surface area contributed by atoms with E-state index in [0.717, 1.165) is 0 Å². The monoisotopic (exact) mass is 326 g/mol. The zero-order valence-corrected chi connectivity index (χ0v) is 13.0. The van der Waals surface area contributed by atoms with Crippen LogP contribution in [-0.4, -0.2) is 11.1 Å². The van der Waals surface area contributed by atoms with Gasteiger partial charge in [0.2, 0.25) is 0 Å². The van der Waals surface area contributed by atoms with Crippen molar-refractivity contribution in [1.29, 1.82) is 0 Å². The molecule has 110 valence electrons. The molecule has 2 aromatic rings. The van der Waals surface area contributed by atoms with Gasteiger partial charge >= 0.3 is 5.97 Å². The van der Waals surface area contributed by atoms with Crippen molar-refractivity contribution in [3.63, 3.8) is 0 Å². The number of benzene rings is 2. The number of halogens is 3. The third kappa shape index (κ3) is 3.20. The van der Waals surface area contributed by atoms with Crippen molar-refractivity contribution in [2.24, 2.45) is 0 Å². The molecular formula is C16H13Cl2FO2. The maximum Gasteiger partial charge on any atom is 0.313 e. The molecule has 0 heterocycles. The lowest BCUT2D eigenvalue weighted by Gasteiger charge is -2.20. The average molecular weight is 327 g/mol. The Kier molecular flexibility index (Phi) is 4.26. The summed E-state index contributed by atoms with van der Waals surface area (Å²) in [6.07, 6.45) is 0.